The van der Waals surface area contributed by atoms with Gasteiger partial charge in [0.25, 0.3) is 0 Å². The number of hydrogen-bond donors (Lipinski definition) is 0. The lowest BCUT2D eigenvalue weighted by Gasteiger charge is -2.21. The van der Waals surface area contributed by atoms with Gasteiger partial charge in [0.15, 0.2) is 0 Å². The number of aromatic nitrogens is 3. The predicted octanol–water partition coefficient (Wildman–Crippen LogP) is 8.88. The third-order valence-electron chi connectivity index (χ3n) is 7.17. The van der Waals surface area contributed by atoms with Gasteiger partial charge in [-0.3, -0.25) is 4.57 Å². The second-order valence-electron chi connectivity index (χ2n) is 10.1. The van der Waals surface area contributed by atoms with E-state index in [0.29, 0.717) is 11.8 Å². The van der Waals surface area contributed by atoms with Crippen LogP contribution in [0.15, 0.2) is 103 Å². The zero-order valence-electron chi connectivity index (χ0n) is 21.3. The van der Waals surface area contributed by atoms with Crippen LogP contribution >= 0.6 is 0 Å². The Balaban J connectivity index is 1.60. The number of fused-ring (bicyclic) bond motifs is 3. The Labute approximate surface area is 212 Å². The molecule has 0 radical (unpaired) electrons. The molecular weight excluding hydrogens is 438 g/mol. The van der Waals surface area contributed by atoms with E-state index < -0.39 is 0 Å². The van der Waals surface area contributed by atoms with Gasteiger partial charge in [-0.25, -0.2) is 4.98 Å². The monoisotopic (exact) mass is 469 g/mol. The van der Waals surface area contributed by atoms with E-state index in [2.05, 4.69) is 134 Å². The predicted molar refractivity (Wildman–Crippen MR) is 152 cm³/mol. The van der Waals surface area contributed by atoms with Gasteiger partial charge in [0.05, 0.1) is 16.7 Å². The third-order valence-corrected chi connectivity index (χ3v) is 7.17. The number of para-hydroxylation sites is 3. The molecule has 6 aromatic rings. The summed E-state index contributed by atoms with van der Waals surface area (Å²) in [7, 11) is 0. The molecule has 3 nitrogen and oxygen atoms in total. The van der Waals surface area contributed by atoms with E-state index in [-0.39, 0.29) is 0 Å². The average Bonchev–Trinajstić information content (AvgIpc) is 3.51. The van der Waals surface area contributed by atoms with Crippen molar-refractivity contribution in [2.24, 2.45) is 0 Å². The van der Waals surface area contributed by atoms with Crippen LogP contribution in [0.1, 0.15) is 50.7 Å². The Morgan fingerprint density at radius 1 is 0.639 bits per heavy atom. The smallest absolute Gasteiger partial charge is 0.144 e. The van der Waals surface area contributed by atoms with Crippen LogP contribution in [0, 0.1) is 0 Å². The molecular formula is C33H31N3. The molecule has 0 unspecified atom stereocenters. The van der Waals surface area contributed by atoms with E-state index in [4.69, 9.17) is 4.98 Å². The molecule has 0 fully saturated rings. The molecule has 2 heterocycles. The highest BCUT2D eigenvalue weighted by atomic mass is 15.1. The standard InChI is InChI=1S/C33H31N3/c1-22(2)26-14-10-15-27(23(3)4)32(26)35-20-19-34-33(35)24-17-18-31-29(21-24)28-13-8-9-16-30(28)36(31)25-11-6-5-7-12-25/h5-23H,1-4H3. The van der Waals surface area contributed by atoms with Crippen molar-refractivity contribution in [2.45, 2.75) is 39.5 Å². The summed E-state index contributed by atoms with van der Waals surface area (Å²) >= 11 is 0. The maximum Gasteiger partial charge on any atom is 0.144 e. The zero-order valence-corrected chi connectivity index (χ0v) is 21.3. The number of hydrogen-bond acceptors (Lipinski definition) is 1. The summed E-state index contributed by atoms with van der Waals surface area (Å²) < 4.78 is 4.65. The van der Waals surface area contributed by atoms with Crippen LogP contribution in [0.2, 0.25) is 0 Å². The van der Waals surface area contributed by atoms with Crippen molar-refractivity contribution >= 4 is 21.8 Å². The average molecular weight is 470 g/mol. The first-order valence-corrected chi connectivity index (χ1v) is 12.8. The molecule has 0 atom stereocenters. The summed E-state index contributed by atoms with van der Waals surface area (Å²) in [5.74, 6) is 1.81. The lowest BCUT2D eigenvalue weighted by atomic mass is 9.92. The normalized spacial score (nSPS) is 11.8. The van der Waals surface area contributed by atoms with Crippen molar-refractivity contribution in [2.75, 3.05) is 0 Å². The first-order chi connectivity index (χ1) is 17.5. The third kappa shape index (κ3) is 3.54. The first-order valence-electron chi connectivity index (χ1n) is 12.8. The molecule has 0 aliphatic carbocycles. The van der Waals surface area contributed by atoms with Gasteiger partial charge in [-0.15, -0.1) is 0 Å². The number of imidazole rings is 1. The quantitative estimate of drug-likeness (QED) is 0.247. The summed E-state index contributed by atoms with van der Waals surface area (Å²) in [6.07, 6.45) is 4.04. The molecule has 3 heteroatoms. The summed E-state index contributed by atoms with van der Waals surface area (Å²) in [6.45, 7) is 9.07. The Hall–Kier alpha value is -4.11. The van der Waals surface area contributed by atoms with Crippen LogP contribution in [0.5, 0.6) is 0 Å². The van der Waals surface area contributed by atoms with Crippen LogP contribution in [0.3, 0.4) is 0 Å². The molecule has 0 aliphatic rings. The molecule has 0 saturated carbocycles. The van der Waals surface area contributed by atoms with Crippen LogP contribution in [0.4, 0.5) is 0 Å². The molecule has 0 saturated heterocycles. The fraction of sp³-hybridized carbons (Fsp3) is 0.182. The minimum absolute atomic E-state index is 0.417. The maximum absolute atomic E-state index is 4.87. The maximum atomic E-state index is 4.87. The van der Waals surface area contributed by atoms with Gasteiger partial charge >= 0.3 is 0 Å². The van der Waals surface area contributed by atoms with Crippen molar-refractivity contribution in [1.82, 2.24) is 14.1 Å². The van der Waals surface area contributed by atoms with E-state index >= 15 is 0 Å². The summed E-state index contributed by atoms with van der Waals surface area (Å²) in [5.41, 5.74) is 8.68. The Morgan fingerprint density at radius 3 is 2.03 bits per heavy atom. The molecule has 178 valence electrons. The number of benzene rings is 4. The highest BCUT2D eigenvalue weighted by molar-refractivity contribution is 6.10. The number of rotatable bonds is 5. The SMILES string of the molecule is CC(C)c1cccc(C(C)C)c1-n1ccnc1-c1ccc2c(c1)c1ccccc1n2-c1ccccc1. The van der Waals surface area contributed by atoms with Crippen LogP contribution in [-0.4, -0.2) is 14.1 Å². The topological polar surface area (TPSA) is 22.8 Å². The lowest BCUT2D eigenvalue weighted by molar-refractivity contribution is 0.807. The Bertz CT molecular complexity index is 1660. The molecule has 4 aromatic carbocycles. The summed E-state index contributed by atoms with van der Waals surface area (Å²) in [4.78, 5) is 4.87. The fourth-order valence-electron chi connectivity index (χ4n) is 5.45. The Morgan fingerprint density at radius 2 is 1.31 bits per heavy atom. The molecule has 0 N–H and O–H groups in total. The summed E-state index contributed by atoms with van der Waals surface area (Å²) in [5, 5.41) is 2.49. The molecule has 0 aliphatic heterocycles. The van der Waals surface area contributed by atoms with Gasteiger partial charge in [0, 0.05) is 34.4 Å². The molecule has 2 aromatic heterocycles. The highest BCUT2D eigenvalue weighted by Gasteiger charge is 2.20. The second kappa shape index (κ2) is 8.83. The van der Waals surface area contributed by atoms with Crippen molar-refractivity contribution in [3.8, 4) is 22.8 Å². The Kier molecular flexibility index (Phi) is 5.49. The van der Waals surface area contributed by atoms with E-state index in [1.165, 1.54) is 44.3 Å². The fourth-order valence-corrected chi connectivity index (χ4v) is 5.45. The van der Waals surface area contributed by atoms with Crippen LogP contribution < -0.4 is 0 Å². The van der Waals surface area contributed by atoms with Gasteiger partial charge in [-0.1, -0.05) is 82.3 Å². The minimum atomic E-state index is 0.417. The molecule has 6 rings (SSSR count). The largest absolute Gasteiger partial charge is 0.309 e. The van der Waals surface area contributed by atoms with Crippen molar-refractivity contribution < 1.29 is 0 Å². The number of nitrogens with zero attached hydrogens (tertiary/aromatic N) is 3. The van der Waals surface area contributed by atoms with E-state index in [0.717, 1.165) is 11.4 Å². The molecule has 0 spiro atoms. The van der Waals surface area contributed by atoms with E-state index in [9.17, 15) is 0 Å². The first kappa shape index (κ1) is 22.4. The molecule has 0 bridgehead atoms. The van der Waals surface area contributed by atoms with Crippen molar-refractivity contribution in [1.29, 1.82) is 0 Å². The molecule has 36 heavy (non-hydrogen) atoms. The summed E-state index contributed by atoms with van der Waals surface area (Å²) in [6, 6.07) is 32.7. The van der Waals surface area contributed by atoms with Crippen molar-refractivity contribution in [3.63, 3.8) is 0 Å². The van der Waals surface area contributed by atoms with Crippen LogP contribution in [-0.2, 0) is 0 Å². The van der Waals surface area contributed by atoms with E-state index in [1.807, 2.05) is 6.20 Å². The molecule has 0 amide bonds. The highest BCUT2D eigenvalue weighted by Crippen LogP contribution is 2.37. The van der Waals surface area contributed by atoms with E-state index in [1.54, 1.807) is 0 Å². The minimum Gasteiger partial charge on any atom is -0.309 e. The zero-order chi connectivity index (χ0) is 24.8. The van der Waals surface area contributed by atoms with Gasteiger partial charge in [-0.2, -0.15) is 0 Å². The van der Waals surface area contributed by atoms with Gasteiger partial charge in [-0.05, 0) is 59.4 Å². The van der Waals surface area contributed by atoms with Gasteiger partial charge < -0.3 is 4.57 Å². The van der Waals surface area contributed by atoms with Crippen LogP contribution in [0.25, 0.3) is 44.6 Å². The van der Waals surface area contributed by atoms with Gasteiger partial charge in [0.1, 0.15) is 5.82 Å². The van der Waals surface area contributed by atoms with Crippen molar-refractivity contribution in [3.05, 3.63) is 115 Å². The van der Waals surface area contributed by atoms with Gasteiger partial charge in [0.2, 0.25) is 0 Å². The second-order valence-corrected chi connectivity index (χ2v) is 10.1. The lowest BCUT2D eigenvalue weighted by Crippen LogP contribution is -2.07.